The predicted octanol–water partition coefficient (Wildman–Crippen LogP) is 4.53. The van der Waals surface area contributed by atoms with Crippen LogP contribution in [-0.4, -0.2) is 21.7 Å². The minimum Gasteiger partial charge on any atom is -0.507 e. The lowest BCUT2D eigenvalue weighted by Gasteiger charge is -2.26. The summed E-state index contributed by atoms with van der Waals surface area (Å²) in [5.74, 6) is -2.12. The average molecular weight is 414 g/mol. The van der Waals surface area contributed by atoms with Gasteiger partial charge in [0.15, 0.2) is 0 Å². The van der Waals surface area contributed by atoms with Gasteiger partial charge in [0.1, 0.15) is 11.8 Å². The Morgan fingerprint density at radius 1 is 0.935 bits per heavy atom. The molecule has 1 N–H and O–H groups in total. The Bertz CT molecular complexity index is 1230. The average Bonchev–Trinajstić information content (AvgIpc) is 3.04. The van der Waals surface area contributed by atoms with Crippen molar-refractivity contribution in [3.05, 3.63) is 111 Å². The molecule has 1 amide bonds. The molecule has 4 rings (SSSR count). The lowest BCUT2D eigenvalue weighted by molar-refractivity contribution is -0.385. The topological polar surface area (TPSA) is 101 Å². The number of carbonyl (C=O) groups is 2. The number of rotatable bonds is 4. The number of nitro benzene ring substituents is 1. The Labute approximate surface area is 178 Å². The van der Waals surface area contributed by atoms with Gasteiger partial charge in [-0.15, -0.1) is 0 Å². The maximum absolute atomic E-state index is 13.1. The number of aryl methyl sites for hydroxylation is 1. The fraction of sp³-hybridized carbons (Fsp3) is 0.0833. The van der Waals surface area contributed by atoms with Crippen molar-refractivity contribution in [2.24, 2.45) is 0 Å². The lowest BCUT2D eigenvalue weighted by Crippen LogP contribution is -2.30. The molecule has 1 aliphatic rings. The number of benzene rings is 3. The van der Waals surface area contributed by atoms with Gasteiger partial charge >= 0.3 is 0 Å². The van der Waals surface area contributed by atoms with E-state index in [1.807, 2.05) is 0 Å². The third-order valence-corrected chi connectivity index (χ3v) is 5.29. The number of nitrogens with zero attached hydrogens (tertiary/aromatic N) is 2. The third kappa shape index (κ3) is 3.36. The number of carbonyl (C=O) groups excluding carboxylic acids is 2. The molecule has 0 saturated carbocycles. The first-order valence-electron chi connectivity index (χ1n) is 9.57. The smallest absolute Gasteiger partial charge is 0.300 e. The first-order chi connectivity index (χ1) is 14.9. The van der Waals surface area contributed by atoms with Crippen LogP contribution in [0.1, 0.15) is 22.7 Å². The number of hydrogen-bond donors (Lipinski definition) is 1. The summed E-state index contributed by atoms with van der Waals surface area (Å²) in [4.78, 5) is 38.6. The highest BCUT2D eigenvalue weighted by atomic mass is 16.6. The van der Waals surface area contributed by atoms with Crippen LogP contribution in [0, 0.1) is 17.0 Å². The number of hydrogen-bond acceptors (Lipinski definition) is 5. The molecule has 0 aliphatic carbocycles. The maximum Gasteiger partial charge on any atom is 0.300 e. The van der Waals surface area contributed by atoms with Crippen LogP contribution in [0.2, 0.25) is 0 Å². The highest BCUT2D eigenvalue weighted by Gasteiger charge is 2.49. The molecule has 1 aliphatic heterocycles. The minimum atomic E-state index is -1.15. The number of ketones is 1. The quantitative estimate of drug-likeness (QED) is 0.222. The number of aliphatic hydroxyl groups is 1. The van der Waals surface area contributed by atoms with E-state index in [-0.39, 0.29) is 22.6 Å². The molecule has 0 bridgehead atoms. The number of nitro groups is 1. The molecule has 154 valence electrons. The highest BCUT2D eigenvalue weighted by molar-refractivity contribution is 6.51. The normalized spacial score (nSPS) is 17.7. The van der Waals surface area contributed by atoms with Gasteiger partial charge in [0, 0.05) is 17.3 Å². The SMILES string of the molecule is Cc1ccccc1N1C(=O)C(=O)C(=C(O)c2ccccc2)C1c1ccccc1[N+](=O)[O-]. The zero-order chi connectivity index (χ0) is 22.1. The van der Waals surface area contributed by atoms with Gasteiger partial charge in [0.25, 0.3) is 17.4 Å². The molecule has 7 nitrogen and oxygen atoms in total. The third-order valence-electron chi connectivity index (χ3n) is 5.29. The van der Waals surface area contributed by atoms with Crippen molar-refractivity contribution in [1.82, 2.24) is 0 Å². The summed E-state index contributed by atoms with van der Waals surface area (Å²) in [5.41, 5.74) is 1.22. The first kappa shape index (κ1) is 20.0. The lowest BCUT2D eigenvalue weighted by atomic mass is 9.94. The Morgan fingerprint density at radius 3 is 2.23 bits per heavy atom. The van der Waals surface area contributed by atoms with Crippen LogP contribution in [0.3, 0.4) is 0 Å². The highest BCUT2D eigenvalue weighted by Crippen LogP contribution is 2.45. The van der Waals surface area contributed by atoms with Gasteiger partial charge in [0.2, 0.25) is 0 Å². The molecule has 1 unspecified atom stereocenters. The number of aliphatic hydroxyl groups excluding tert-OH is 1. The van der Waals surface area contributed by atoms with E-state index in [1.165, 1.54) is 23.1 Å². The second-order valence-corrected chi connectivity index (χ2v) is 7.14. The molecular weight excluding hydrogens is 396 g/mol. The molecule has 1 heterocycles. The molecule has 0 aromatic heterocycles. The van der Waals surface area contributed by atoms with Crippen LogP contribution in [0.25, 0.3) is 5.76 Å². The van der Waals surface area contributed by atoms with E-state index >= 15 is 0 Å². The first-order valence-corrected chi connectivity index (χ1v) is 9.57. The van der Waals surface area contributed by atoms with Crippen molar-refractivity contribution in [1.29, 1.82) is 0 Å². The van der Waals surface area contributed by atoms with Crippen molar-refractivity contribution in [2.45, 2.75) is 13.0 Å². The Hall–Kier alpha value is -4.26. The van der Waals surface area contributed by atoms with Crippen molar-refractivity contribution in [3.8, 4) is 0 Å². The van der Waals surface area contributed by atoms with E-state index < -0.39 is 22.7 Å². The van der Waals surface area contributed by atoms with Crippen LogP contribution in [-0.2, 0) is 9.59 Å². The number of anilines is 1. The summed E-state index contributed by atoms with van der Waals surface area (Å²) < 4.78 is 0. The predicted molar refractivity (Wildman–Crippen MR) is 116 cm³/mol. The van der Waals surface area contributed by atoms with E-state index in [0.29, 0.717) is 16.8 Å². The summed E-state index contributed by atoms with van der Waals surface area (Å²) in [5, 5.41) is 22.8. The van der Waals surface area contributed by atoms with E-state index in [4.69, 9.17) is 0 Å². The molecule has 1 fully saturated rings. The van der Waals surface area contributed by atoms with Gasteiger partial charge in [0.05, 0.1) is 16.1 Å². The van der Waals surface area contributed by atoms with Gasteiger partial charge in [-0.2, -0.15) is 0 Å². The zero-order valence-electron chi connectivity index (χ0n) is 16.6. The molecule has 0 spiro atoms. The molecule has 3 aromatic carbocycles. The Kier molecular flexibility index (Phi) is 5.09. The van der Waals surface area contributed by atoms with E-state index in [1.54, 1.807) is 67.6 Å². The van der Waals surface area contributed by atoms with E-state index in [9.17, 15) is 24.8 Å². The number of amides is 1. The fourth-order valence-electron chi connectivity index (χ4n) is 3.85. The largest absolute Gasteiger partial charge is 0.507 e. The van der Waals surface area contributed by atoms with Gasteiger partial charge < -0.3 is 5.11 Å². The zero-order valence-corrected chi connectivity index (χ0v) is 16.6. The number of Topliss-reactive ketones (excluding diaryl/α,β-unsaturated/α-hetero) is 1. The van der Waals surface area contributed by atoms with Gasteiger partial charge in [-0.1, -0.05) is 60.7 Å². The molecule has 1 atom stereocenters. The molecular formula is C24H18N2O5. The Balaban J connectivity index is 2.04. The summed E-state index contributed by atoms with van der Waals surface area (Å²) in [6, 6.07) is 20.1. The van der Waals surface area contributed by atoms with Gasteiger partial charge in [-0.05, 0) is 24.6 Å². The van der Waals surface area contributed by atoms with Crippen molar-refractivity contribution >= 4 is 28.8 Å². The number of para-hydroxylation sites is 2. The van der Waals surface area contributed by atoms with E-state index in [2.05, 4.69) is 0 Å². The van der Waals surface area contributed by atoms with Crippen LogP contribution in [0.15, 0.2) is 84.4 Å². The van der Waals surface area contributed by atoms with Crippen LogP contribution >= 0.6 is 0 Å². The van der Waals surface area contributed by atoms with E-state index in [0.717, 1.165) is 0 Å². The van der Waals surface area contributed by atoms with Gasteiger partial charge in [-0.25, -0.2) is 0 Å². The fourth-order valence-corrected chi connectivity index (χ4v) is 3.85. The monoisotopic (exact) mass is 414 g/mol. The standard InChI is InChI=1S/C24H18N2O5/c1-15-9-5-7-13-18(15)25-21(17-12-6-8-14-19(17)26(30)31)20(23(28)24(25)29)22(27)16-10-3-2-4-11-16/h2-14,21,27H,1H3. The van der Waals surface area contributed by atoms with Crippen molar-refractivity contribution < 1.29 is 19.6 Å². The second-order valence-electron chi connectivity index (χ2n) is 7.14. The molecule has 7 heteroatoms. The van der Waals surface area contributed by atoms with Crippen molar-refractivity contribution in [2.75, 3.05) is 4.90 Å². The summed E-state index contributed by atoms with van der Waals surface area (Å²) in [7, 11) is 0. The molecule has 3 aromatic rings. The second kappa shape index (κ2) is 7.87. The van der Waals surface area contributed by atoms with Crippen molar-refractivity contribution in [3.63, 3.8) is 0 Å². The molecule has 1 saturated heterocycles. The molecule has 0 radical (unpaired) electrons. The van der Waals surface area contributed by atoms with Crippen LogP contribution in [0.4, 0.5) is 11.4 Å². The minimum absolute atomic E-state index is 0.146. The van der Waals surface area contributed by atoms with Crippen LogP contribution in [0.5, 0.6) is 0 Å². The summed E-state index contributed by atoms with van der Waals surface area (Å²) in [6.45, 7) is 1.78. The maximum atomic E-state index is 13.1. The van der Waals surface area contributed by atoms with Gasteiger partial charge in [-0.3, -0.25) is 24.6 Å². The summed E-state index contributed by atoms with van der Waals surface area (Å²) >= 11 is 0. The molecule has 31 heavy (non-hydrogen) atoms. The Morgan fingerprint density at radius 2 is 1.55 bits per heavy atom. The van der Waals surface area contributed by atoms with Crippen LogP contribution < -0.4 is 4.90 Å². The summed E-state index contributed by atoms with van der Waals surface area (Å²) in [6.07, 6.45) is 0.